The molecule has 0 N–H and O–H groups in total. The second-order valence-electron chi connectivity index (χ2n) is 1.50. The van der Waals surface area contributed by atoms with Crippen molar-refractivity contribution in [2.24, 2.45) is 0 Å². The monoisotopic (exact) mass is 238 g/mol. The second-order valence-corrected chi connectivity index (χ2v) is 3.06. The molecule has 1 aromatic heterocycles. The first kappa shape index (κ1) is 11.0. The summed E-state index contributed by atoms with van der Waals surface area (Å²) < 4.78 is 0. The summed E-state index contributed by atoms with van der Waals surface area (Å²) in [5.41, 5.74) is 0.924. The van der Waals surface area contributed by atoms with Gasteiger partial charge in [0, 0.05) is 6.20 Å². The fourth-order valence-electron chi connectivity index (χ4n) is 0.497. The summed E-state index contributed by atoms with van der Waals surface area (Å²) in [4.78, 5) is 3.98. The van der Waals surface area contributed by atoms with Crippen molar-refractivity contribution in [2.75, 3.05) is 0 Å². The van der Waals surface area contributed by atoms with E-state index in [0.717, 1.165) is 18.8 Å². The normalized spacial score (nSPS) is 8.18. The van der Waals surface area contributed by atoms with Crippen LogP contribution in [0.15, 0.2) is 31.0 Å². The van der Waals surface area contributed by atoms with Crippen molar-refractivity contribution in [1.82, 2.24) is 4.98 Å². The number of halogens is 2. The zero-order valence-corrected chi connectivity index (χ0v) is 8.05. The molecule has 0 spiro atoms. The van der Waals surface area contributed by atoms with E-state index in [0.29, 0.717) is 0 Å². The summed E-state index contributed by atoms with van der Waals surface area (Å²) in [6, 6.07) is 5.73. The molecule has 11 heavy (non-hydrogen) atoms. The minimum absolute atomic E-state index is 0.757. The molecule has 0 bridgehead atoms. The Bertz CT molecular complexity index is 191. The van der Waals surface area contributed by atoms with E-state index in [1.807, 2.05) is 18.2 Å². The number of hydrogen-bond donors (Lipinski definition) is 0. The average Bonchev–Trinajstić information content (AvgIpc) is 2.08. The van der Waals surface area contributed by atoms with Crippen molar-refractivity contribution in [3.63, 3.8) is 0 Å². The first-order chi connectivity index (χ1) is 5.35. The third-order valence-electron chi connectivity index (χ3n) is 0.897. The van der Waals surface area contributed by atoms with Gasteiger partial charge in [-0.2, -0.15) is 0 Å². The Morgan fingerprint density at radius 1 is 1.45 bits per heavy atom. The first-order valence-electron chi connectivity index (χ1n) is 2.70. The van der Waals surface area contributed by atoms with Crippen molar-refractivity contribution < 1.29 is 13.1 Å². The van der Waals surface area contributed by atoms with E-state index in [-0.39, 0.29) is 0 Å². The molecule has 1 nitrogen and oxygen atoms in total. The van der Waals surface area contributed by atoms with E-state index in [2.05, 4.69) is 31.8 Å². The van der Waals surface area contributed by atoms with Gasteiger partial charge in [0.15, 0.2) is 0 Å². The molecule has 0 aliphatic carbocycles. The van der Waals surface area contributed by atoms with Gasteiger partial charge in [0.2, 0.25) is 0 Å². The SMILES string of the molecule is C=Cc1ccccn1.[Cl][Cu][Cl]. The van der Waals surface area contributed by atoms with Crippen LogP contribution in [0.4, 0.5) is 0 Å². The number of pyridine rings is 1. The van der Waals surface area contributed by atoms with E-state index in [1.165, 1.54) is 0 Å². The molecule has 0 aliphatic heterocycles. The van der Waals surface area contributed by atoms with Gasteiger partial charge in [0.1, 0.15) is 0 Å². The fraction of sp³-hybridized carbons (Fsp3) is 0. The van der Waals surface area contributed by atoms with Gasteiger partial charge in [-0.25, -0.2) is 0 Å². The molecule has 0 atom stereocenters. The van der Waals surface area contributed by atoms with Gasteiger partial charge in [-0.05, 0) is 18.2 Å². The number of nitrogens with zero attached hydrogens (tertiary/aromatic N) is 1. The van der Waals surface area contributed by atoms with Crippen LogP contribution in [-0.2, 0) is 13.1 Å². The molecular formula is C7H7Cl2CuN. The van der Waals surface area contributed by atoms with E-state index < -0.39 is 0 Å². The van der Waals surface area contributed by atoms with Gasteiger partial charge >= 0.3 is 33.3 Å². The van der Waals surface area contributed by atoms with Crippen molar-refractivity contribution in [2.45, 2.75) is 0 Å². The van der Waals surface area contributed by atoms with Crippen LogP contribution in [0.5, 0.6) is 0 Å². The molecule has 4 heteroatoms. The van der Waals surface area contributed by atoms with E-state index in [1.54, 1.807) is 12.3 Å². The Labute approximate surface area is 81.0 Å². The molecule has 0 unspecified atom stereocenters. The first-order valence-corrected chi connectivity index (χ1v) is 5.29. The van der Waals surface area contributed by atoms with Gasteiger partial charge in [0.25, 0.3) is 0 Å². The molecule has 0 radical (unpaired) electrons. The summed E-state index contributed by atoms with van der Waals surface area (Å²) in [6.45, 7) is 3.57. The Kier molecular flexibility index (Phi) is 8.08. The molecule has 0 aromatic carbocycles. The predicted molar refractivity (Wildman–Crippen MR) is 46.0 cm³/mol. The maximum absolute atomic E-state index is 4.67. The quantitative estimate of drug-likeness (QED) is 0.687. The van der Waals surface area contributed by atoms with E-state index >= 15 is 0 Å². The summed E-state index contributed by atoms with van der Waals surface area (Å²) in [6.07, 6.45) is 3.47. The van der Waals surface area contributed by atoms with Gasteiger partial charge in [-0.3, -0.25) is 4.98 Å². The van der Waals surface area contributed by atoms with Crippen LogP contribution < -0.4 is 0 Å². The third kappa shape index (κ3) is 6.39. The molecule has 1 rings (SSSR count). The third-order valence-corrected chi connectivity index (χ3v) is 0.897. The zero-order chi connectivity index (χ0) is 8.53. The number of aromatic nitrogens is 1. The van der Waals surface area contributed by atoms with Crippen LogP contribution in [-0.4, -0.2) is 4.98 Å². The van der Waals surface area contributed by atoms with Crippen molar-refractivity contribution >= 4 is 26.3 Å². The second kappa shape index (κ2) is 8.09. The molecule has 0 aliphatic rings. The van der Waals surface area contributed by atoms with E-state index in [9.17, 15) is 0 Å². The Morgan fingerprint density at radius 3 is 2.36 bits per heavy atom. The standard InChI is InChI=1S/C7H7N.2ClH.Cu/c1-2-7-5-3-4-6-8-7;;;/h2-6H,1H2;2*1H;/q;;;+2/p-2. The fourth-order valence-corrected chi connectivity index (χ4v) is 0.497. The molecular weight excluding hydrogens is 233 g/mol. The summed E-state index contributed by atoms with van der Waals surface area (Å²) in [5, 5.41) is 0. The Balaban J connectivity index is 0.000000292. The molecule has 0 saturated heterocycles. The van der Waals surface area contributed by atoms with Crippen LogP contribution >= 0.6 is 20.2 Å². The van der Waals surface area contributed by atoms with Crippen LogP contribution in [0, 0.1) is 0 Å². The molecule has 1 aromatic rings. The molecule has 0 amide bonds. The maximum atomic E-state index is 4.67. The van der Waals surface area contributed by atoms with Crippen molar-refractivity contribution in [1.29, 1.82) is 0 Å². The summed E-state index contributed by atoms with van der Waals surface area (Å²) in [5.74, 6) is 0. The van der Waals surface area contributed by atoms with Crippen molar-refractivity contribution in [3.05, 3.63) is 36.7 Å². The average molecular weight is 240 g/mol. The Hall–Kier alpha value is -0.0105. The molecule has 0 saturated carbocycles. The van der Waals surface area contributed by atoms with Crippen LogP contribution in [0.1, 0.15) is 5.69 Å². The predicted octanol–water partition coefficient (Wildman–Crippen LogP) is 3.10. The minimum atomic E-state index is 0.757. The van der Waals surface area contributed by atoms with Gasteiger partial charge in [-0.1, -0.05) is 12.6 Å². The van der Waals surface area contributed by atoms with Gasteiger partial charge in [-0.15, -0.1) is 0 Å². The molecule has 0 fully saturated rings. The van der Waals surface area contributed by atoms with Gasteiger partial charge in [0.05, 0.1) is 5.69 Å². The van der Waals surface area contributed by atoms with Crippen LogP contribution in [0.3, 0.4) is 0 Å². The van der Waals surface area contributed by atoms with Crippen LogP contribution in [0.2, 0.25) is 0 Å². The molecule has 1 heterocycles. The van der Waals surface area contributed by atoms with Gasteiger partial charge < -0.3 is 0 Å². The van der Waals surface area contributed by atoms with Crippen LogP contribution in [0.25, 0.3) is 6.08 Å². The number of rotatable bonds is 1. The zero-order valence-electron chi connectivity index (χ0n) is 5.60. The topological polar surface area (TPSA) is 12.9 Å². The Morgan fingerprint density at radius 2 is 2.09 bits per heavy atom. The van der Waals surface area contributed by atoms with E-state index in [4.69, 9.17) is 0 Å². The number of hydrogen-bond acceptors (Lipinski definition) is 1. The molecule has 65 valence electrons. The summed E-state index contributed by atoms with van der Waals surface area (Å²) in [7, 11) is 9.34. The van der Waals surface area contributed by atoms with Crippen molar-refractivity contribution in [3.8, 4) is 0 Å². The summed E-state index contributed by atoms with van der Waals surface area (Å²) >= 11 is 0.757.